The van der Waals surface area contributed by atoms with E-state index >= 15 is 0 Å². The summed E-state index contributed by atoms with van der Waals surface area (Å²) in [5.74, 6) is 0.0411. The summed E-state index contributed by atoms with van der Waals surface area (Å²) in [5.41, 5.74) is 3.45. The van der Waals surface area contributed by atoms with Crippen molar-refractivity contribution < 1.29 is 14.4 Å². The molecule has 2 saturated heterocycles. The van der Waals surface area contributed by atoms with Crippen LogP contribution >= 0.6 is 0 Å². The summed E-state index contributed by atoms with van der Waals surface area (Å²) in [5, 5.41) is 2.74. The third-order valence-electron chi connectivity index (χ3n) is 5.38. The van der Waals surface area contributed by atoms with Crippen molar-refractivity contribution in [3.63, 3.8) is 0 Å². The minimum atomic E-state index is -0.389. The molecule has 3 rings (SSSR count). The van der Waals surface area contributed by atoms with Crippen molar-refractivity contribution >= 4 is 17.7 Å². The molecule has 26 heavy (non-hydrogen) atoms. The average molecular weight is 357 g/mol. The molecule has 1 unspecified atom stereocenters. The third-order valence-corrected chi connectivity index (χ3v) is 5.38. The summed E-state index contributed by atoms with van der Waals surface area (Å²) in [6.45, 7) is 6.51. The van der Waals surface area contributed by atoms with Gasteiger partial charge >= 0.3 is 0 Å². The molecule has 0 spiro atoms. The van der Waals surface area contributed by atoms with Crippen molar-refractivity contribution in [2.45, 2.75) is 45.6 Å². The Morgan fingerprint density at radius 3 is 2.50 bits per heavy atom. The van der Waals surface area contributed by atoms with E-state index in [1.165, 1.54) is 11.1 Å². The monoisotopic (exact) mass is 357 g/mol. The van der Waals surface area contributed by atoms with Crippen LogP contribution in [-0.2, 0) is 20.8 Å². The van der Waals surface area contributed by atoms with Crippen LogP contribution in [0.15, 0.2) is 18.2 Å². The number of carbonyl (C=O) groups excluding carboxylic acids is 3. The van der Waals surface area contributed by atoms with E-state index in [1.54, 1.807) is 4.90 Å². The van der Waals surface area contributed by atoms with Crippen LogP contribution in [0.5, 0.6) is 0 Å². The predicted molar refractivity (Wildman–Crippen MR) is 98.6 cm³/mol. The van der Waals surface area contributed by atoms with Crippen LogP contribution < -0.4 is 5.32 Å². The molecule has 0 bridgehead atoms. The van der Waals surface area contributed by atoms with Crippen LogP contribution in [0, 0.1) is 13.8 Å². The van der Waals surface area contributed by atoms with Gasteiger partial charge in [0.15, 0.2) is 0 Å². The van der Waals surface area contributed by atoms with Gasteiger partial charge in [-0.3, -0.25) is 14.4 Å². The average Bonchev–Trinajstić information content (AvgIpc) is 2.90. The highest BCUT2D eigenvalue weighted by molar-refractivity contribution is 5.90. The van der Waals surface area contributed by atoms with Gasteiger partial charge < -0.3 is 15.1 Å². The second-order valence-electron chi connectivity index (χ2n) is 7.31. The van der Waals surface area contributed by atoms with Gasteiger partial charge in [-0.2, -0.15) is 0 Å². The molecule has 6 heteroatoms. The lowest BCUT2D eigenvalue weighted by Crippen LogP contribution is -2.46. The molecule has 0 aromatic heterocycles. The number of hydrogen-bond donors (Lipinski definition) is 1. The van der Waals surface area contributed by atoms with Crippen molar-refractivity contribution in [1.29, 1.82) is 0 Å². The van der Waals surface area contributed by atoms with Crippen LogP contribution in [-0.4, -0.2) is 59.7 Å². The Labute approximate surface area is 154 Å². The quantitative estimate of drug-likeness (QED) is 0.883. The van der Waals surface area contributed by atoms with Crippen LogP contribution in [0.3, 0.4) is 0 Å². The summed E-state index contributed by atoms with van der Waals surface area (Å²) in [6.07, 6.45) is 2.16. The number of aryl methyl sites for hydroxylation is 2. The van der Waals surface area contributed by atoms with E-state index in [2.05, 4.69) is 31.3 Å². The molecule has 1 aromatic rings. The summed E-state index contributed by atoms with van der Waals surface area (Å²) in [7, 11) is 0. The largest absolute Gasteiger partial charge is 0.344 e. The lowest BCUT2D eigenvalue weighted by atomic mass is 10.0. The molecule has 3 amide bonds. The molecule has 1 atom stereocenters. The second kappa shape index (κ2) is 7.89. The molecular formula is C20H27N3O3. The third kappa shape index (κ3) is 4.23. The van der Waals surface area contributed by atoms with E-state index in [0.29, 0.717) is 45.4 Å². The van der Waals surface area contributed by atoms with Gasteiger partial charge in [0.1, 0.15) is 6.04 Å². The van der Waals surface area contributed by atoms with Gasteiger partial charge in [0.05, 0.1) is 6.42 Å². The lowest BCUT2D eigenvalue weighted by molar-refractivity contribution is -0.135. The minimum absolute atomic E-state index is 0.0145. The van der Waals surface area contributed by atoms with E-state index in [-0.39, 0.29) is 23.8 Å². The Morgan fingerprint density at radius 1 is 1.08 bits per heavy atom. The molecule has 1 aromatic carbocycles. The maximum absolute atomic E-state index is 12.7. The van der Waals surface area contributed by atoms with Gasteiger partial charge in [-0.15, -0.1) is 0 Å². The summed E-state index contributed by atoms with van der Waals surface area (Å²) < 4.78 is 0. The number of benzene rings is 1. The van der Waals surface area contributed by atoms with Crippen molar-refractivity contribution in [3.8, 4) is 0 Å². The Balaban J connectivity index is 1.55. The molecule has 0 radical (unpaired) electrons. The number of amides is 3. The topological polar surface area (TPSA) is 69.7 Å². The van der Waals surface area contributed by atoms with Gasteiger partial charge in [-0.1, -0.05) is 18.2 Å². The lowest BCUT2D eigenvalue weighted by Gasteiger charge is -2.24. The molecule has 2 aliphatic heterocycles. The first-order chi connectivity index (χ1) is 12.4. The van der Waals surface area contributed by atoms with E-state index in [1.807, 2.05) is 11.0 Å². The van der Waals surface area contributed by atoms with Crippen LogP contribution in [0.4, 0.5) is 0 Å². The summed E-state index contributed by atoms with van der Waals surface area (Å²) in [4.78, 5) is 40.2. The minimum Gasteiger partial charge on any atom is -0.344 e. The number of nitrogens with one attached hydrogen (secondary N) is 1. The Morgan fingerprint density at radius 2 is 1.81 bits per heavy atom. The molecule has 140 valence electrons. The Kier molecular flexibility index (Phi) is 5.59. The highest BCUT2D eigenvalue weighted by Gasteiger charge is 2.32. The van der Waals surface area contributed by atoms with Crippen molar-refractivity contribution in [1.82, 2.24) is 15.1 Å². The summed E-state index contributed by atoms with van der Waals surface area (Å²) >= 11 is 0. The molecule has 0 saturated carbocycles. The van der Waals surface area contributed by atoms with Gasteiger partial charge in [0.2, 0.25) is 17.7 Å². The first-order valence-corrected chi connectivity index (χ1v) is 9.36. The highest BCUT2D eigenvalue weighted by atomic mass is 16.2. The van der Waals surface area contributed by atoms with Gasteiger partial charge in [-0.25, -0.2) is 0 Å². The first-order valence-electron chi connectivity index (χ1n) is 9.36. The number of hydrogen-bond acceptors (Lipinski definition) is 3. The molecular weight excluding hydrogens is 330 g/mol. The Hall–Kier alpha value is -2.37. The summed E-state index contributed by atoms with van der Waals surface area (Å²) in [6, 6.07) is 5.75. The normalized spacial score (nSPS) is 20.7. The fraction of sp³-hybridized carbons (Fsp3) is 0.550. The zero-order valence-corrected chi connectivity index (χ0v) is 15.6. The van der Waals surface area contributed by atoms with Gasteiger partial charge in [0.25, 0.3) is 0 Å². The van der Waals surface area contributed by atoms with E-state index < -0.39 is 0 Å². The zero-order chi connectivity index (χ0) is 18.7. The van der Waals surface area contributed by atoms with Crippen molar-refractivity contribution in [2.75, 3.05) is 26.2 Å². The smallest absolute Gasteiger partial charge is 0.245 e. The molecule has 6 nitrogen and oxygen atoms in total. The number of nitrogens with zero attached hydrogens (tertiary/aromatic N) is 2. The van der Waals surface area contributed by atoms with Crippen molar-refractivity contribution in [3.05, 3.63) is 34.9 Å². The molecule has 2 fully saturated rings. The van der Waals surface area contributed by atoms with E-state index in [9.17, 15) is 14.4 Å². The maximum atomic E-state index is 12.7. The molecule has 2 aliphatic rings. The second-order valence-corrected chi connectivity index (χ2v) is 7.31. The number of rotatable bonds is 3. The molecule has 2 heterocycles. The Bertz CT molecular complexity index is 716. The predicted octanol–water partition coefficient (Wildman–Crippen LogP) is 1.19. The highest BCUT2D eigenvalue weighted by Crippen LogP contribution is 2.14. The molecule has 0 aliphatic carbocycles. The fourth-order valence-electron chi connectivity index (χ4n) is 3.61. The van der Waals surface area contributed by atoms with Crippen molar-refractivity contribution in [2.24, 2.45) is 0 Å². The zero-order valence-electron chi connectivity index (χ0n) is 15.6. The van der Waals surface area contributed by atoms with Crippen LogP contribution in [0.1, 0.15) is 36.0 Å². The van der Waals surface area contributed by atoms with E-state index in [0.717, 1.165) is 12.0 Å². The molecule has 1 N–H and O–H groups in total. The SMILES string of the molecule is Cc1ccc(CC(=O)N2CCCN(C(=O)C3CCC(=O)N3)CC2)cc1C. The van der Waals surface area contributed by atoms with Gasteiger partial charge in [0, 0.05) is 32.6 Å². The van der Waals surface area contributed by atoms with Crippen LogP contribution in [0.2, 0.25) is 0 Å². The maximum Gasteiger partial charge on any atom is 0.245 e. The van der Waals surface area contributed by atoms with Gasteiger partial charge in [-0.05, 0) is 43.4 Å². The van der Waals surface area contributed by atoms with E-state index in [4.69, 9.17) is 0 Å². The van der Waals surface area contributed by atoms with Crippen LogP contribution in [0.25, 0.3) is 0 Å². The first kappa shape index (κ1) is 18.4. The standard InChI is InChI=1S/C20H27N3O3/c1-14-4-5-16(12-15(14)2)13-19(25)22-8-3-9-23(11-10-22)20(26)17-6-7-18(24)21-17/h4-5,12,17H,3,6-11,13H2,1-2H3,(H,21,24). The number of carbonyl (C=O) groups is 3. The fourth-order valence-corrected chi connectivity index (χ4v) is 3.61.